The summed E-state index contributed by atoms with van der Waals surface area (Å²) in [4.78, 5) is 10.7. The van der Waals surface area contributed by atoms with E-state index in [1.54, 1.807) is 7.05 Å². The fraction of sp³-hybridized carbons (Fsp3) is 0.833. The Kier molecular flexibility index (Phi) is 2.02. The molecule has 0 fully saturated rings. The van der Waals surface area contributed by atoms with Crippen LogP contribution in [0.1, 0.15) is 22.2 Å². The van der Waals surface area contributed by atoms with Gasteiger partial charge in [-0.2, -0.15) is 0 Å². The molecule has 2 heteroatoms. The van der Waals surface area contributed by atoms with Crippen LogP contribution in [-0.2, 0) is 4.79 Å². The molecule has 0 aliphatic carbocycles. The van der Waals surface area contributed by atoms with E-state index >= 15 is 0 Å². The van der Waals surface area contributed by atoms with E-state index in [-0.39, 0.29) is 12.7 Å². The van der Waals surface area contributed by atoms with E-state index in [1.165, 1.54) is 0 Å². The van der Waals surface area contributed by atoms with E-state index in [4.69, 9.17) is 0 Å². The Labute approximate surface area is 51.8 Å². The molecule has 0 bridgehead atoms. The standard InChI is InChI=1S/C6H13NO.H2/c1-6(2,3)5(8)7-4;/h1-4H3,(H,7,8);1H. The highest BCUT2D eigenvalue weighted by Gasteiger charge is 2.18. The summed E-state index contributed by atoms with van der Waals surface area (Å²) in [5.41, 5.74) is -0.241. The second-order valence-electron chi connectivity index (χ2n) is 2.83. The normalized spacial score (nSPS) is 11.0. The largest absolute Gasteiger partial charge is 0.359 e. The number of nitrogens with one attached hydrogen (secondary N) is 1. The Hall–Kier alpha value is -0.530. The molecule has 0 unspecified atom stereocenters. The monoisotopic (exact) mass is 117 g/mol. The van der Waals surface area contributed by atoms with Crippen LogP contribution in [0.5, 0.6) is 0 Å². The number of hydrogen-bond donors (Lipinski definition) is 1. The van der Waals surface area contributed by atoms with E-state index in [2.05, 4.69) is 5.32 Å². The third-order valence-corrected chi connectivity index (χ3v) is 0.908. The summed E-state index contributed by atoms with van der Waals surface area (Å²) in [5, 5.41) is 2.57. The molecule has 0 aliphatic heterocycles. The number of carbonyl (C=O) groups is 1. The summed E-state index contributed by atoms with van der Waals surface area (Å²) in [7, 11) is 1.65. The van der Waals surface area contributed by atoms with Gasteiger partial charge in [-0.15, -0.1) is 0 Å². The van der Waals surface area contributed by atoms with Crippen LogP contribution in [-0.4, -0.2) is 13.0 Å². The van der Waals surface area contributed by atoms with Crippen LogP contribution in [0.3, 0.4) is 0 Å². The molecule has 0 aromatic carbocycles. The fourth-order valence-corrected chi connectivity index (χ4v) is 0.375. The van der Waals surface area contributed by atoms with Crippen molar-refractivity contribution in [2.45, 2.75) is 20.8 Å². The second kappa shape index (κ2) is 2.16. The summed E-state index contributed by atoms with van der Waals surface area (Å²) in [6.45, 7) is 5.64. The Bertz CT molecular complexity index is 95.7. The van der Waals surface area contributed by atoms with Crippen molar-refractivity contribution in [1.29, 1.82) is 0 Å². The molecule has 0 heterocycles. The van der Waals surface area contributed by atoms with Gasteiger partial charge in [0.1, 0.15) is 0 Å². The smallest absolute Gasteiger partial charge is 0.225 e. The number of hydrogen-bond acceptors (Lipinski definition) is 1. The summed E-state index contributed by atoms with van der Waals surface area (Å²) < 4.78 is 0. The van der Waals surface area contributed by atoms with Crippen LogP contribution in [0.15, 0.2) is 0 Å². The lowest BCUT2D eigenvalue weighted by Crippen LogP contribution is -2.31. The van der Waals surface area contributed by atoms with Crippen molar-refractivity contribution in [1.82, 2.24) is 5.32 Å². The highest BCUT2D eigenvalue weighted by atomic mass is 16.2. The first-order valence-electron chi connectivity index (χ1n) is 2.70. The maximum absolute atomic E-state index is 10.7. The number of rotatable bonds is 0. The zero-order valence-corrected chi connectivity index (χ0v) is 5.91. The first-order valence-corrected chi connectivity index (χ1v) is 2.70. The van der Waals surface area contributed by atoms with Gasteiger partial charge in [0.15, 0.2) is 0 Å². The van der Waals surface area contributed by atoms with Crippen LogP contribution in [0, 0.1) is 5.41 Å². The molecule has 0 spiro atoms. The molecule has 1 amide bonds. The van der Waals surface area contributed by atoms with Crippen LogP contribution in [0.4, 0.5) is 0 Å². The number of carbonyl (C=O) groups excluding carboxylic acids is 1. The first kappa shape index (κ1) is 7.47. The Balaban J connectivity index is 0. The van der Waals surface area contributed by atoms with Gasteiger partial charge in [0.2, 0.25) is 5.91 Å². The van der Waals surface area contributed by atoms with E-state index in [9.17, 15) is 4.79 Å². The summed E-state index contributed by atoms with van der Waals surface area (Å²) in [6.07, 6.45) is 0. The van der Waals surface area contributed by atoms with Gasteiger partial charge in [-0.1, -0.05) is 20.8 Å². The van der Waals surface area contributed by atoms with Crippen molar-refractivity contribution in [3.63, 3.8) is 0 Å². The van der Waals surface area contributed by atoms with Crippen molar-refractivity contribution >= 4 is 5.91 Å². The SMILES string of the molecule is CNC(=O)C(C)(C)C.[HH]. The van der Waals surface area contributed by atoms with Gasteiger partial charge in [0.25, 0.3) is 0 Å². The second-order valence-corrected chi connectivity index (χ2v) is 2.83. The third kappa shape index (κ3) is 1.96. The van der Waals surface area contributed by atoms with Crippen molar-refractivity contribution in [3.05, 3.63) is 0 Å². The molecule has 1 N–H and O–H groups in total. The molecular weight excluding hydrogens is 102 g/mol. The first-order chi connectivity index (χ1) is 3.48. The van der Waals surface area contributed by atoms with E-state index < -0.39 is 0 Å². The Morgan fingerprint density at radius 1 is 1.50 bits per heavy atom. The highest BCUT2D eigenvalue weighted by molar-refractivity contribution is 5.80. The van der Waals surface area contributed by atoms with Crippen molar-refractivity contribution < 1.29 is 6.22 Å². The zero-order valence-electron chi connectivity index (χ0n) is 5.91. The minimum absolute atomic E-state index is 0. The summed E-state index contributed by atoms with van der Waals surface area (Å²) >= 11 is 0. The highest BCUT2D eigenvalue weighted by Crippen LogP contribution is 2.11. The Morgan fingerprint density at radius 2 is 1.88 bits per heavy atom. The summed E-state index contributed by atoms with van der Waals surface area (Å²) in [5.74, 6) is 0.0810. The lowest BCUT2D eigenvalue weighted by molar-refractivity contribution is -0.127. The molecule has 0 saturated heterocycles. The molecule has 0 aliphatic rings. The predicted octanol–water partition coefficient (Wildman–Crippen LogP) is 1.02. The Morgan fingerprint density at radius 3 is 1.88 bits per heavy atom. The van der Waals surface area contributed by atoms with Gasteiger partial charge in [0.05, 0.1) is 0 Å². The van der Waals surface area contributed by atoms with E-state index in [0.717, 1.165) is 0 Å². The summed E-state index contributed by atoms with van der Waals surface area (Å²) in [6, 6.07) is 0. The topological polar surface area (TPSA) is 29.1 Å². The fourth-order valence-electron chi connectivity index (χ4n) is 0.375. The third-order valence-electron chi connectivity index (χ3n) is 0.908. The molecule has 0 radical (unpaired) electrons. The predicted molar refractivity (Wildman–Crippen MR) is 35.6 cm³/mol. The van der Waals surface area contributed by atoms with E-state index in [0.29, 0.717) is 0 Å². The van der Waals surface area contributed by atoms with Gasteiger partial charge in [-0.05, 0) is 0 Å². The lowest BCUT2D eigenvalue weighted by atomic mass is 9.96. The van der Waals surface area contributed by atoms with Gasteiger partial charge < -0.3 is 5.32 Å². The molecule has 0 rings (SSSR count). The van der Waals surface area contributed by atoms with Gasteiger partial charge >= 0.3 is 0 Å². The maximum Gasteiger partial charge on any atom is 0.225 e. The zero-order chi connectivity index (χ0) is 6.78. The van der Waals surface area contributed by atoms with Gasteiger partial charge in [0, 0.05) is 13.9 Å². The quantitative estimate of drug-likeness (QED) is 0.504. The van der Waals surface area contributed by atoms with Crippen molar-refractivity contribution in [3.8, 4) is 0 Å². The molecule has 50 valence electrons. The minimum Gasteiger partial charge on any atom is -0.359 e. The average molecular weight is 117 g/mol. The van der Waals surface area contributed by atoms with Crippen LogP contribution in [0.2, 0.25) is 0 Å². The molecular formula is C6H15NO. The van der Waals surface area contributed by atoms with Crippen molar-refractivity contribution in [2.75, 3.05) is 7.05 Å². The van der Waals surface area contributed by atoms with Crippen molar-refractivity contribution in [2.24, 2.45) is 5.41 Å². The minimum atomic E-state index is -0.241. The molecule has 2 nitrogen and oxygen atoms in total. The van der Waals surface area contributed by atoms with Crippen LogP contribution < -0.4 is 5.32 Å². The number of amides is 1. The molecule has 0 atom stereocenters. The maximum atomic E-state index is 10.7. The molecule has 0 aromatic heterocycles. The molecule has 8 heavy (non-hydrogen) atoms. The van der Waals surface area contributed by atoms with E-state index in [1.807, 2.05) is 20.8 Å². The molecule has 0 aromatic rings. The van der Waals surface area contributed by atoms with Gasteiger partial charge in [-0.3, -0.25) is 4.79 Å². The lowest BCUT2D eigenvalue weighted by Gasteiger charge is -2.14. The van der Waals surface area contributed by atoms with Crippen LogP contribution >= 0.6 is 0 Å². The van der Waals surface area contributed by atoms with Crippen LogP contribution in [0.25, 0.3) is 0 Å². The average Bonchev–Trinajstić information content (AvgIpc) is 1.62. The van der Waals surface area contributed by atoms with Gasteiger partial charge in [-0.25, -0.2) is 0 Å². The molecule has 0 saturated carbocycles.